The highest BCUT2D eigenvalue weighted by atomic mass is 35.5. The molecule has 0 aliphatic heterocycles. The molecule has 0 radical (unpaired) electrons. The molecule has 0 saturated carbocycles. The zero-order valence-electron chi connectivity index (χ0n) is 15.6. The third-order valence-corrected chi connectivity index (χ3v) is 4.70. The molecule has 0 aliphatic rings. The summed E-state index contributed by atoms with van der Waals surface area (Å²) in [4.78, 5) is 8.53. The smallest absolute Gasteiger partial charge is 0.145 e. The summed E-state index contributed by atoms with van der Waals surface area (Å²) in [7, 11) is 1.58. The van der Waals surface area contributed by atoms with Gasteiger partial charge in [0.1, 0.15) is 36.0 Å². The van der Waals surface area contributed by atoms with Crippen molar-refractivity contribution in [2.45, 2.75) is 6.61 Å². The van der Waals surface area contributed by atoms with Crippen LogP contribution in [0.5, 0.6) is 17.2 Å². The summed E-state index contributed by atoms with van der Waals surface area (Å²) >= 11 is 6.27. The Labute approximate surface area is 172 Å². The Kier molecular flexibility index (Phi) is 5.35. The van der Waals surface area contributed by atoms with Crippen LogP contribution in [-0.4, -0.2) is 22.2 Å². The fourth-order valence-corrected chi connectivity index (χ4v) is 3.08. The van der Waals surface area contributed by atoms with Gasteiger partial charge in [-0.25, -0.2) is 9.97 Å². The lowest BCUT2D eigenvalue weighted by atomic mass is 10.2. The van der Waals surface area contributed by atoms with E-state index in [1.807, 2.05) is 30.3 Å². The van der Waals surface area contributed by atoms with Crippen LogP contribution in [0.25, 0.3) is 10.9 Å². The molecule has 4 aromatic rings. The molecule has 0 amide bonds. The van der Waals surface area contributed by atoms with E-state index in [1.165, 1.54) is 6.33 Å². The van der Waals surface area contributed by atoms with E-state index < -0.39 is 0 Å². The Balaban J connectivity index is 1.65. The number of aromatic nitrogens is 2. The van der Waals surface area contributed by atoms with Gasteiger partial charge in [0.15, 0.2) is 0 Å². The van der Waals surface area contributed by atoms with Crippen molar-refractivity contribution in [2.24, 2.45) is 0 Å². The first kappa shape index (κ1) is 18.8. The zero-order chi connectivity index (χ0) is 20.2. The topological polar surface area (TPSA) is 76.5 Å². The lowest BCUT2D eigenvalue weighted by molar-refractivity contribution is 0.305. The quantitative estimate of drug-likeness (QED) is 0.450. The molecule has 7 heteroatoms. The standard InChI is InChI=1S/C22H18ClN3O3/c1-28-15-7-8-17(23)18(9-15)26-22-21-19(24-13-25-22)10-16(11-20(21)27)29-12-14-5-3-2-4-6-14/h2-11,13,27H,12H2,1H3,(H,24,25,26). The van der Waals surface area contributed by atoms with Crippen LogP contribution in [-0.2, 0) is 6.61 Å². The molecule has 0 atom stereocenters. The number of ether oxygens (including phenoxy) is 2. The molecular weight excluding hydrogens is 390 g/mol. The number of hydrogen-bond donors (Lipinski definition) is 2. The van der Waals surface area contributed by atoms with Gasteiger partial charge in [0.2, 0.25) is 0 Å². The molecule has 1 aromatic heterocycles. The Hall–Kier alpha value is -3.51. The maximum Gasteiger partial charge on any atom is 0.145 e. The van der Waals surface area contributed by atoms with E-state index in [0.717, 1.165) is 5.56 Å². The molecule has 0 spiro atoms. The van der Waals surface area contributed by atoms with Gasteiger partial charge in [-0.2, -0.15) is 0 Å². The van der Waals surface area contributed by atoms with Crippen molar-refractivity contribution in [3.05, 3.63) is 77.6 Å². The number of hydrogen-bond acceptors (Lipinski definition) is 6. The lowest BCUT2D eigenvalue weighted by Gasteiger charge is -2.13. The van der Waals surface area contributed by atoms with Crippen molar-refractivity contribution >= 4 is 34.0 Å². The normalized spacial score (nSPS) is 10.7. The number of halogens is 1. The highest BCUT2D eigenvalue weighted by Gasteiger charge is 2.13. The predicted octanol–water partition coefficient (Wildman–Crippen LogP) is 5.32. The summed E-state index contributed by atoms with van der Waals surface area (Å²) in [6, 6.07) is 18.4. The molecule has 0 bridgehead atoms. The van der Waals surface area contributed by atoms with Gasteiger partial charge in [-0.1, -0.05) is 41.9 Å². The number of anilines is 2. The van der Waals surface area contributed by atoms with Gasteiger partial charge in [-0.3, -0.25) is 0 Å². The van der Waals surface area contributed by atoms with Gasteiger partial charge < -0.3 is 19.9 Å². The van der Waals surface area contributed by atoms with Gasteiger partial charge in [0.05, 0.1) is 28.7 Å². The summed E-state index contributed by atoms with van der Waals surface area (Å²) in [6.07, 6.45) is 1.42. The highest BCUT2D eigenvalue weighted by Crippen LogP contribution is 2.36. The van der Waals surface area contributed by atoms with Crippen molar-refractivity contribution in [1.82, 2.24) is 9.97 Å². The highest BCUT2D eigenvalue weighted by molar-refractivity contribution is 6.33. The van der Waals surface area contributed by atoms with Crippen molar-refractivity contribution in [1.29, 1.82) is 0 Å². The van der Waals surface area contributed by atoms with E-state index in [4.69, 9.17) is 21.1 Å². The van der Waals surface area contributed by atoms with Crippen molar-refractivity contribution in [2.75, 3.05) is 12.4 Å². The Bertz CT molecular complexity index is 1150. The van der Waals surface area contributed by atoms with E-state index in [-0.39, 0.29) is 5.75 Å². The molecule has 0 unspecified atom stereocenters. The fraction of sp³-hybridized carbons (Fsp3) is 0.0909. The molecular formula is C22H18ClN3O3. The van der Waals surface area contributed by atoms with E-state index in [2.05, 4.69) is 15.3 Å². The number of rotatable bonds is 6. The molecule has 1 heterocycles. The van der Waals surface area contributed by atoms with E-state index in [0.29, 0.717) is 45.5 Å². The Morgan fingerprint density at radius 2 is 1.83 bits per heavy atom. The lowest BCUT2D eigenvalue weighted by Crippen LogP contribution is -1.99. The van der Waals surface area contributed by atoms with Crippen molar-refractivity contribution in [3.63, 3.8) is 0 Å². The summed E-state index contributed by atoms with van der Waals surface area (Å²) in [6.45, 7) is 0.390. The molecule has 0 aliphatic carbocycles. The Morgan fingerprint density at radius 3 is 2.62 bits per heavy atom. The molecule has 146 valence electrons. The number of benzene rings is 3. The number of aromatic hydroxyl groups is 1. The van der Waals surface area contributed by atoms with Gasteiger partial charge in [-0.05, 0) is 17.7 Å². The molecule has 29 heavy (non-hydrogen) atoms. The molecule has 2 N–H and O–H groups in total. The monoisotopic (exact) mass is 407 g/mol. The second-order valence-corrected chi connectivity index (χ2v) is 6.71. The van der Waals surface area contributed by atoms with Crippen LogP contribution >= 0.6 is 11.6 Å². The van der Waals surface area contributed by atoms with Crippen LogP contribution in [0.2, 0.25) is 5.02 Å². The molecule has 0 saturated heterocycles. The summed E-state index contributed by atoms with van der Waals surface area (Å²) in [5.74, 6) is 1.60. The summed E-state index contributed by atoms with van der Waals surface area (Å²) < 4.78 is 11.1. The van der Waals surface area contributed by atoms with Crippen LogP contribution < -0.4 is 14.8 Å². The first-order chi connectivity index (χ1) is 14.1. The minimum absolute atomic E-state index is 0.00711. The van der Waals surface area contributed by atoms with Crippen molar-refractivity contribution in [3.8, 4) is 17.2 Å². The molecule has 6 nitrogen and oxygen atoms in total. The van der Waals surface area contributed by atoms with Gasteiger partial charge in [-0.15, -0.1) is 0 Å². The van der Waals surface area contributed by atoms with Crippen LogP contribution in [0, 0.1) is 0 Å². The number of methoxy groups -OCH3 is 1. The summed E-state index contributed by atoms with van der Waals surface area (Å²) in [5, 5.41) is 14.7. The largest absolute Gasteiger partial charge is 0.507 e. The van der Waals surface area contributed by atoms with Gasteiger partial charge in [0.25, 0.3) is 0 Å². The number of nitrogens with one attached hydrogen (secondary N) is 1. The van der Waals surface area contributed by atoms with Crippen LogP contribution in [0.1, 0.15) is 5.56 Å². The SMILES string of the molecule is COc1ccc(Cl)c(Nc2ncnc3cc(OCc4ccccc4)cc(O)c23)c1. The fourth-order valence-electron chi connectivity index (χ4n) is 2.92. The number of phenols is 1. The maximum absolute atomic E-state index is 10.6. The molecule has 3 aromatic carbocycles. The van der Waals surface area contributed by atoms with E-state index >= 15 is 0 Å². The average molecular weight is 408 g/mol. The van der Waals surface area contributed by atoms with Gasteiger partial charge in [0, 0.05) is 18.2 Å². The second-order valence-electron chi connectivity index (χ2n) is 6.30. The van der Waals surface area contributed by atoms with E-state index in [9.17, 15) is 5.11 Å². The third kappa shape index (κ3) is 4.17. The Morgan fingerprint density at radius 1 is 1.00 bits per heavy atom. The second kappa shape index (κ2) is 8.24. The number of fused-ring (bicyclic) bond motifs is 1. The van der Waals surface area contributed by atoms with Crippen LogP contribution in [0.3, 0.4) is 0 Å². The molecule has 4 rings (SSSR count). The minimum Gasteiger partial charge on any atom is -0.507 e. The van der Waals surface area contributed by atoms with Crippen LogP contribution in [0.4, 0.5) is 11.5 Å². The predicted molar refractivity (Wildman–Crippen MR) is 113 cm³/mol. The van der Waals surface area contributed by atoms with E-state index in [1.54, 1.807) is 37.4 Å². The van der Waals surface area contributed by atoms with Gasteiger partial charge >= 0.3 is 0 Å². The van der Waals surface area contributed by atoms with Crippen LogP contribution in [0.15, 0.2) is 67.0 Å². The number of phenolic OH excluding ortho intramolecular Hbond substituents is 1. The number of nitrogens with zero attached hydrogens (tertiary/aromatic N) is 2. The first-order valence-corrected chi connectivity index (χ1v) is 9.27. The minimum atomic E-state index is 0.00711. The molecule has 0 fully saturated rings. The van der Waals surface area contributed by atoms with Crippen molar-refractivity contribution < 1.29 is 14.6 Å². The maximum atomic E-state index is 10.6. The summed E-state index contributed by atoms with van der Waals surface area (Å²) in [5.41, 5.74) is 2.18. The zero-order valence-corrected chi connectivity index (χ0v) is 16.3. The third-order valence-electron chi connectivity index (χ3n) is 4.37. The average Bonchev–Trinajstić information content (AvgIpc) is 2.74. The first-order valence-electron chi connectivity index (χ1n) is 8.89.